The first-order valence-electron chi connectivity index (χ1n) is 15.5. The van der Waals surface area contributed by atoms with E-state index >= 15 is 0 Å². The van der Waals surface area contributed by atoms with E-state index < -0.39 is 41.1 Å². The number of hydrogen-bond donors (Lipinski definition) is 1. The summed E-state index contributed by atoms with van der Waals surface area (Å²) in [5, 5.41) is 10.6. The molecule has 7 atom stereocenters. The fourth-order valence-corrected chi connectivity index (χ4v) is 7.93. The number of ether oxygens (including phenoxy) is 2. The fourth-order valence-electron chi connectivity index (χ4n) is 7.93. The molecule has 4 aliphatic rings. The van der Waals surface area contributed by atoms with Crippen LogP contribution in [-0.2, 0) is 23.9 Å². The predicted octanol–water partition coefficient (Wildman–Crippen LogP) is 4.40. The number of carbonyl (C=O) groups excluding carboxylic acids is 3. The third-order valence-corrected chi connectivity index (χ3v) is 10.2. The first-order valence-corrected chi connectivity index (χ1v) is 15.5. The lowest BCUT2D eigenvalue weighted by atomic mass is 9.66. The third-order valence-electron chi connectivity index (χ3n) is 10.2. The maximum absolute atomic E-state index is 14.7. The van der Waals surface area contributed by atoms with Gasteiger partial charge in [0.15, 0.2) is 0 Å². The second-order valence-electron chi connectivity index (χ2n) is 12.6. The molecular weight excluding hydrogens is 508 g/mol. The standard InChI is InChI=1S/C32H50N2O6/c1-6-9-10-14-20-39-30(38)26-25-28(36)34(24(21-35)22(4)8-3)27(32(25)18-17-31(26,5)40-32)29(37)33(19-7-2)23-15-12-11-13-16-23/h6-7,22-27,35H,1-2,8-21H2,3-5H3/t22-,24-,25-,26+,27?,31-,32?/m0/s1. The highest BCUT2D eigenvalue weighted by Crippen LogP contribution is 2.64. The zero-order chi connectivity index (χ0) is 29.1. The van der Waals surface area contributed by atoms with Crippen molar-refractivity contribution in [1.29, 1.82) is 0 Å². The number of unbranched alkanes of at least 4 members (excludes halogenated alkanes) is 2. The monoisotopic (exact) mass is 558 g/mol. The average Bonchev–Trinajstić information content (AvgIpc) is 3.52. The first-order chi connectivity index (χ1) is 19.2. The molecule has 0 aromatic carbocycles. The SMILES string of the molecule is C=CCCCCOC(=O)[C@H]1[C@H]2C(=O)N([C@@H](CO)[C@@H](C)CC)C(C(=O)N(CC=C)C3CCCCC3)C23CC[C@]1(C)O3. The Bertz CT molecular complexity index is 963. The Hall–Kier alpha value is -2.19. The summed E-state index contributed by atoms with van der Waals surface area (Å²) in [6, 6.07) is -1.37. The summed E-state index contributed by atoms with van der Waals surface area (Å²) in [6.45, 7) is 14.0. The molecular formula is C32H50N2O6. The molecule has 8 heteroatoms. The average molecular weight is 559 g/mol. The molecule has 1 spiro atoms. The Morgan fingerprint density at radius 2 is 1.93 bits per heavy atom. The van der Waals surface area contributed by atoms with Gasteiger partial charge in [-0.1, -0.05) is 51.7 Å². The highest BCUT2D eigenvalue weighted by atomic mass is 16.6. The second-order valence-corrected chi connectivity index (χ2v) is 12.6. The molecule has 2 bridgehead atoms. The van der Waals surface area contributed by atoms with Crippen LogP contribution in [0, 0.1) is 17.8 Å². The minimum Gasteiger partial charge on any atom is -0.465 e. The Labute approximate surface area is 240 Å². The zero-order valence-corrected chi connectivity index (χ0v) is 24.8. The van der Waals surface area contributed by atoms with Crippen molar-refractivity contribution < 1.29 is 29.0 Å². The van der Waals surface area contributed by atoms with Crippen LogP contribution in [0.15, 0.2) is 25.3 Å². The van der Waals surface area contributed by atoms with Gasteiger partial charge in [0.25, 0.3) is 0 Å². The van der Waals surface area contributed by atoms with E-state index in [0.717, 1.165) is 57.8 Å². The lowest BCUT2D eigenvalue weighted by molar-refractivity contribution is -0.163. The van der Waals surface area contributed by atoms with Gasteiger partial charge in [-0.05, 0) is 57.8 Å². The molecule has 2 unspecified atom stereocenters. The van der Waals surface area contributed by atoms with Gasteiger partial charge in [-0.3, -0.25) is 14.4 Å². The third kappa shape index (κ3) is 5.26. The number of esters is 1. The molecule has 0 radical (unpaired) electrons. The number of rotatable bonds is 14. The van der Waals surface area contributed by atoms with Crippen LogP contribution in [0.5, 0.6) is 0 Å². The number of aliphatic hydroxyl groups excluding tert-OH is 1. The minimum atomic E-state index is -1.12. The molecule has 4 fully saturated rings. The number of aliphatic hydroxyl groups is 1. The van der Waals surface area contributed by atoms with E-state index in [2.05, 4.69) is 13.2 Å². The zero-order valence-electron chi connectivity index (χ0n) is 24.8. The number of carbonyl (C=O) groups is 3. The summed E-state index contributed by atoms with van der Waals surface area (Å²) < 4.78 is 12.5. The van der Waals surface area contributed by atoms with Crippen molar-refractivity contribution in [2.24, 2.45) is 17.8 Å². The van der Waals surface area contributed by atoms with Crippen molar-refractivity contribution >= 4 is 17.8 Å². The van der Waals surface area contributed by atoms with Crippen molar-refractivity contribution in [2.75, 3.05) is 19.8 Å². The molecule has 3 aliphatic heterocycles. The summed E-state index contributed by atoms with van der Waals surface area (Å²) in [5.41, 5.74) is -1.99. The van der Waals surface area contributed by atoms with E-state index in [1.54, 1.807) is 11.0 Å². The smallest absolute Gasteiger partial charge is 0.312 e. The van der Waals surface area contributed by atoms with Gasteiger partial charge < -0.3 is 24.4 Å². The number of likely N-dealkylation sites (tertiary alicyclic amines) is 1. The normalized spacial score (nSPS) is 33.0. The summed E-state index contributed by atoms with van der Waals surface area (Å²) >= 11 is 0. The highest BCUT2D eigenvalue weighted by Gasteiger charge is 2.79. The maximum Gasteiger partial charge on any atom is 0.312 e. The number of hydrogen-bond acceptors (Lipinski definition) is 6. The summed E-state index contributed by atoms with van der Waals surface area (Å²) in [6.07, 6.45) is 13.0. The van der Waals surface area contributed by atoms with E-state index in [1.807, 2.05) is 31.7 Å². The predicted molar refractivity (Wildman–Crippen MR) is 153 cm³/mol. The Morgan fingerprint density at radius 3 is 2.55 bits per heavy atom. The van der Waals surface area contributed by atoms with E-state index in [1.165, 1.54) is 0 Å². The van der Waals surface area contributed by atoms with Crippen LogP contribution in [0.1, 0.15) is 91.4 Å². The van der Waals surface area contributed by atoms with Crippen molar-refractivity contribution in [3.05, 3.63) is 25.3 Å². The quantitative estimate of drug-likeness (QED) is 0.193. The van der Waals surface area contributed by atoms with Crippen LogP contribution >= 0.6 is 0 Å². The number of fused-ring (bicyclic) bond motifs is 1. The van der Waals surface area contributed by atoms with Crippen LogP contribution in [0.2, 0.25) is 0 Å². The van der Waals surface area contributed by atoms with Gasteiger partial charge in [-0.25, -0.2) is 0 Å². The van der Waals surface area contributed by atoms with E-state index in [-0.39, 0.29) is 37.0 Å². The van der Waals surface area contributed by atoms with Gasteiger partial charge >= 0.3 is 5.97 Å². The van der Waals surface area contributed by atoms with Crippen LogP contribution in [0.4, 0.5) is 0 Å². The number of allylic oxidation sites excluding steroid dienone is 1. The van der Waals surface area contributed by atoms with Crippen LogP contribution in [0.3, 0.4) is 0 Å². The fraction of sp³-hybridized carbons (Fsp3) is 0.781. The van der Waals surface area contributed by atoms with Gasteiger partial charge in [-0.15, -0.1) is 13.2 Å². The summed E-state index contributed by atoms with van der Waals surface area (Å²) in [5.74, 6) is -2.47. The molecule has 1 N–H and O–H groups in total. The summed E-state index contributed by atoms with van der Waals surface area (Å²) in [4.78, 5) is 46.3. The molecule has 8 nitrogen and oxygen atoms in total. The molecule has 1 aliphatic carbocycles. The van der Waals surface area contributed by atoms with E-state index in [0.29, 0.717) is 19.4 Å². The first kappa shape index (κ1) is 30.8. The molecule has 3 saturated heterocycles. The van der Waals surface area contributed by atoms with Gasteiger partial charge in [0.1, 0.15) is 17.6 Å². The highest BCUT2D eigenvalue weighted by molar-refractivity contribution is 5.99. The molecule has 3 heterocycles. The second kappa shape index (κ2) is 12.8. The van der Waals surface area contributed by atoms with Gasteiger partial charge in [-0.2, -0.15) is 0 Å². The Kier molecular flexibility index (Phi) is 9.82. The van der Waals surface area contributed by atoms with E-state index in [4.69, 9.17) is 9.47 Å². The minimum absolute atomic E-state index is 0.0370. The molecule has 1 saturated carbocycles. The van der Waals surface area contributed by atoms with Crippen LogP contribution in [-0.4, -0.2) is 81.8 Å². The van der Waals surface area contributed by atoms with Gasteiger partial charge in [0.05, 0.1) is 30.8 Å². The molecule has 0 aromatic rings. The van der Waals surface area contributed by atoms with Crippen molar-refractivity contribution in [3.63, 3.8) is 0 Å². The lowest BCUT2D eigenvalue weighted by Crippen LogP contribution is -2.61. The lowest BCUT2D eigenvalue weighted by Gasteiger charge is -2.43. The van der Waals surface area contributed by atoms with Gasteiger partial charge in [0, 0.05) is 12.6 Å². The molecule has 224 valence electrons. The molecule has 4 rings (SSSR count). The topological polar surface area (TPSA) is 96.4 Å². The molecule has 40 heavy (non-hydrogen) atoms. The van der Waals surface area contributed by atoms with Gasteiger partial charge in [0.2, 0.25) is 11.8 Å². The van der Waals surface area contributed by atoms with Crippen LogP contribution < -0.4 is 0 Å². The maximum atomic E-state index is 14.7. The number of nitrogens with zero attached hydrogens (tertiary/aromatic N) is 2. The molecule has 0 aromatic heterocycles. The Morgan fingerprint density at radius 1 is 1.20 bits per heavy atom. The summed E-state index contributed by atoms with van der Waals surface area (Å²) in [7, 11) is 0. The molecule has 2 amide bonds. The van der Waals surface area contributed by atoms with Crippen LogP contribution in [0.25, 0.3) is 0 Å². The Balaban J connectivity index is 1.72. The van der Waals surface area contributed by atoms with E-state index in [9.17, 15) is 19.5 Å². The van der Waals surface area contributed by atoms with Crippen molar-refractivity contribution in [1.82, 2.24) is 9.80 Å². The largest absolute Gasteiger partial charge is 0.465 e. The number of amides is 2. The van der Waals surface area contributed by atoms with Crippen molar-refractivity contribution in [2.45, 2.75) is 121 Å². The van der Waals surface area contributed by atoms with Crippen molar-refractivity contribution in [3.8, 4) is 0 Å².